The lowest BCUT2D eigenvalue weighted by atomic mass is 10.1. The van der Waals surface area contributed by atoms with E-state index in [-0.39, 0.29) is 12.5 Å². The van der Waals surface area contributed by atoms with Gasteiger partial charge in [0.15, 0.2) is 0 Å². The van der Waals surface area contributed by atoms with Crippen LogP contribution in [0.2, 0.25) is 0 Å². The van der Waals surface area contributed by atoms with Crippen LogP contribution in [-0.4, -0.2) is 27.2 Å². The molecule has 3 N–H and O–H groups in total. The van der Waals surface area contributed by atoms with E-state index in [0.717, 1.165) is 28.3 Å². The Morgan fingerprint density at radius 3 is 2.48 bits per heavy atom. The first kappa shape index (κ1) is 20.4. The van der Waals surface area contributed by atoms with E-state index in [1.165, 1.54) is 0 Å². The Hall–Kier alpha value is -3.90. The number of nitrogens with one attached hydrogen (secondary N) is 2. The number of pyridine rings is 1. The summed E-state index contributed by atoms with van der Waals surface area (Å²) in [5.74, 6) is 0.479. The summed E-state index contributed by atoms with van der Waals surface area (Å²) in [6.45, 7) is 1.81. The minimum Gasteiger partial charge on any atom is -0.394 e. The van der Waals surface area contributed by atoms with Crippen molar-refractivity contribution in [1.82, 2.24) is 14.9 Å². The summed E-state index contributed by atoms with van der Waals surface area (Å²) in [6, 6.07) is 22.5. The average Bonchev–Trinajstić information content (AvgIpc) is 3.30. The largest absolute Gasteiger partial charge is 0.394 e. The molecule has 0 saturated carbocycles. The zero-order valence-corrected chi connectivity index (χ0v) is 17.2. The van der Waals surface area contributed by atoms with E-state index in [9.17, 15) is 9.90 Å². The van der Waals surface area contributed by atoms with Crippen LogP contribution in [-0.2, 0) is 0 Å². The first-order chi connectivity index (χ1) is 15.1. The first-order valence-corrected chi connectivity index (χ1v) is 10.1. The minimum atomic E-state index is -0.457. The fourth-order valence-electron chi connectivity index (χ4n) is 3.37. The van der Waals surface area contributed by atoms with Gasteiger partial charge in [-0.2, -0.15) is 0 Å². The molecule has 1 amide bonds. The topological polar surface area (TPSA) is 79.2 Å². The normalized spacial score (nSPS) is 11.7. The number of nitrogens with zero attached hydrogens (tertiary/aromatic N) is 2. The number of carbonyl (C=O) groups is 1. The highest BCUT2D eigenvalue weighted by molar-refractivity contribution is 5.94. The zero-order valence-electron chi connectivity index (χ0n) is 17.2. The van der Waals surface area contributed by atoms with Crippen LogP contribution < -0.4 is 10.6 Å². The second-order valence-corrected chi connectivity index (χ2v) is 7.27. The van der Waals surface area contributed by atoms with Crippen LogP contribution in [0, 0.1) is 6.92 Å². The quantitative estimate of drug-likeness (QED) is 0.421. The maximum atomic E-state index is 12.8. The number of benzene rings is 2. The lowest BCUT2D eigenvalue weighted by Crippen LogP contribution is -2.30. The van der Waals surface area contributed by atoms with Crippen LogP contribution in [0.5, 0.6) is 0 Å². The van der Waals surface area contributed by atoms with E-state index < -0.39 is 6.04 Å². The van der Waals surface area contributed by atoms with E-state index in [1.807, 2.05) is 84.4 Å². The molecule has 0 spiro atoms. The number of para-hydroxylation sites is 1. The molecule has 6 nitrogen and oxygen atoms in total. The number of aliphatic hydroxyl groups excluding tert-OH is 1. The maximum absolute atomic E-state index is 12.8. The third-order valence-corrected chi connectivity index (χ3v) is 5.04. The molecule has 0 radical (unpaired) electrons. The Balaban J connectivity index is 1.53. The molecule has 0 fully saturated rings. The number of aryl methyl sites for hydroxylation is 1. The van der Waals surface area contributed by atoms with Crippen molar-refractivity contribution in [3.05, 3.63) is 108 Å². The average molecular weight is 412 g/mol. The highest BCUT2D eigenvalue weighted by Gasteiger charge is 2.16. The molecule has 4 aromatic rings. The van der Waals surface area contributed by atoms with Crippen LogP contribution in [0.25, 0.3) is 5.69 Å². The number of rotatable bonds is 7. The number of aliphatic hydroxyl groups is 1. The van der Waals surface area contributed by atoms with E-state index in [4.69, 9.17) is 0 Å². The van der Waals surface area contributed by atoms with Gasteiger partial charge in [-0.15, -0.1) is 0 Å². The third kappa shape index (κ3) is 4.82. The second-order valence-electron chi connectivity index (χ2n) is 7.27. The maximum Gasteiger partial charge on any atom is 0.253 e. The van der Waals surface area contributed by atoms with Gasteiger partial charge in [0.05, 0.1) is 23.9 Å². The van der Waals surface area contributed by atoms with Crippen molar-refractivity contribution in [3.8, 4) is 5.69 Å². The third-order valence-electron chi connectivity index (χ3n) is 5.04. The Labute approximate surface area is 181 Å². The smallest absolute Gasteiger partial charge is 0.253 e. The van der Waals surface area contributed by atoms with Crippen LogP contribution in [0.4, 0.5) is 11.5 Å². The minimum absolute atomic E-state index is 0.172. The Kier molecular flexibility index (Phi) is 6.10. The molecule has 1 atom stereocenters. The Morgan fingerprint density at radius 2 is 1.77 bits per heavy atom. The molecule has 0 bridgehead atoms. The molecule has 31 heavy (non-hydrogen) atoms. The molecule has 2 heterocycles. The molecule has 0 aliphatic rings. The van der Waals surface area contributed by atoms with Gasteiger partial charge < -0.3 is 20.3 Å². The molecule has 1 unspecified atom stereocenters. The monoisotopic (exact) mass is 412 g/mol. The summed E-state index contributed by atoms with van der Waals surface area (Å²) >= 11 is 0. The molecule has 0 saturated heterocycles. The van der Waals surface area contributed by atoms with Crippen LogP contribution >= 0.6 is 0 Å². The Bertz CT molecular complexity index is 1160. The number of amides is 1. The van der Waals surface area contributed by atoms with Crippen LogP contribution in [0.3, 0.4) is 0 Å². The van der Waals surface area contributed by atoms with Crippen molar-refractivity contribution >= 4 is 17.4 Å². The van der Waals surface area contributed by atoms with Crippen molar-refractivity contribution in [3.63, 3.8) is 0 Å². The highest BCUT2D eigenvalue weighted by atomic mass is 16.3. The van der Waals surface area contributed by atoms with Crippen LogP contribution in [0.15, 0.2) is 91.4 Å². The predicted octanol–water partition coefficient (Wildman–Crippen LogP) is 4.39. The van der Waals surface area contributed by atoms with E-state index in [2.05, 4.69) is 15.6 Å². The molecule has 0 aliphatic heterocycles. The van der Waals surface area contributed by atoms with Gasteiger partial charge in [-0.1, -0.05) is 48.5 Å². The molecule has 0 aliphatic carbocycles. The van der Waals surface area contributed by atoms with E-state index >= 15 is 0 Å². The van der Waals surface area contributed by atoms with Crippen molar-refractivity contribution in [2.45, 2.75) is 13.0 Å². The van der Waals surface area contributed by atoms with Gasteiger partial charge in [0, 0.05) is 30.3 Å². The van der Waals surface area contributed by atoms with Gasteiger partial charge in [0.1, 0.15) is 5.82 Å². The molecule has 2 aromatic heterocycles. The van der Waals surface area contributed by atoms with Gasteiger partial charge >= 0.3 is 0 Å². The summed E-state index contributed by atoms with van der Waals surface area (Å²) in [5.41, 5.74) is 4.24. The van der Waals surface area contributed by atoms with Gasteiger partial charge in [-0.25, -0.2) is 4.98 Å². The van der Waals surface area contributed by atoms with Crippen LogP contribution in [0.1, 0.15) is 27.5 Å². The van der Waals surface area contributed by atoms with Gasteiger partial charge in [0.2, 0.25) is 0 Å². The van der Waals surface area contributed by atoms with Gasteiger partial charge in [-0.3, -0.25) is 4.79 Å². The first-order valence-electron chi connectivity index (χ1n) is 10.1. The standard InChI is InChI=1S/C25H24N4O2/c1-18-15-26-24(27-21-10-6-3-7-11-21)14-23(18)29-13-12-20(16-29)25(31)28-22(17-30)19-8-4-2-5-9-19/h2-16,22,30H,17H2,1H3,(H,26,27)(H,28,31). The molecule has 2 aromatic carbocycles. The van der Waals surface area contributed by atoms with Crippen molar-refractivity contribution < 1.29 is 9.90 Å². The summed E-state index contributed by atoms with van der Waals surface area (Å²) in [4.78, 5) is 17.2. The molecular weight excluding hydrogens is 388 g/mol. The van der Waals surface area contributed by atoms with Gasteiger partial charge in [-0.05, 0) is 36.2 Å². The number of aromatic nitrogens is 2. The fraction of sp³-hybridized carbons (Fsp3) is 0.120. The number of hydrogen-bond donors (Lipinski definition) is 3. The zero-order chi connectivity index (χ0) is 21.6. The van der Waals surface area contributed by atoms with Crippen molar-refractivity contribution in [2.75, 3.05) is 11.9 Å². The second kappa shape index (κ2) is 9.28. The summed E-state index contributed by atoms with van der Waals surface area (Å²) in [7, 11) is 0. The molecule has 4 rings (SSSR count). The SMILES string of the molecule is Cc1cnc(Nc2ccccc2)cc1-n1ccc(C(=O)NC(CO)c2ccccc2)c1. The van der Waals surface area contributed by atoms with E-state index in [0.29, 0.717) is 5.56 Å². The summed E-state index contributed by atoms with van der Waals surface area (Å²) < 4.78 is 1.90. The molecular formula is C25H24N4O2. The van der Waals surface area contributed by atoms with Crippen molar-refractivity contribution in [1.29, 1.82) is 0 Å². The summed E-state index contributed by atoms with van der Waals surface area (Å²) in [5, 5.41) is 15.9. The number of anilines is 2. The Morgan fingerprint density at radius 1 is 1.06 bits per heavy atom. The fourth-order valence-corrected chi connectivity index (χ4v) is 3.37. The van der Waals surface area contributed by atoms with E-state index in [1.54, 1.807) is 18.5 Å². The number of hydrogen-bond acceptors (Lipinski definition) is 4. The van der Waals surface area contributed by atoms with Gasteiger partial charge in [0.25, 0.3) is 5.91 Å². The lowest BCUT2D eigenvalue weighted by molar-refractivity contribution is 0.0916. The number of carbonyl (C=O) groups excluding carboxylic acids is 1. The highest BCUT2D eigenvalue weighted by Crippen LogP contribution is 2.21. The van der Waals surface area contributed by atoms with Crippen molar-refractivity contribution in [2.24, 2.45) is 0 Å². The summed E-state index contributed by atoms with van der Waals surface area (Å²) in [6.07, 6.45) is 5.43. The molecule has 6 heteroatoms. The predicted molar refractivity (Wildman–Crippen MR) is 122 cm³/mol. The lowest BCUT2D eigenvalue weighted by Gasteiger charge is -2.16. The molecule has 156 valence electrons.